The van der Waals surface area contributed by atoms with Crippen molar-refractivity contribution in [3.05, 3.63) is 0 Å². The zero-order valence-electron chi connectivity index (χ0n) is 15.1. The number of hydrogen-bond acceptors (Lipinski definition) is 3. The maximum absolute atomic E-state index is 13.7. The van der Waals surface area contributed by atoms with E-state index in [1.165, 1.54) is 0 Å². The van der Waals surface area contributed by atoms with Crippen LogP contribution in [0.5, 0.6) is 0 Å². The van der Waals surface area contributed by atoms with Gasteiger partial charge in [-0.2, -0.15) is 91.8 Å². The average molecular weight is 615 g/mol. The van der Waals surface area contributed by atoms with Crippen LogP contribution in [0.15, 0.2) is 0 Å². The van der Waals surface area contributed by atoms with E-state index in [0.29, 0.717) is 0 Å². The van der Waals surface area contributed by atoms with Gasteiger partial charge in [-0.25, -0.2) is 4.39 Å². The van der Waals surface area contributed by atoms with Gasteiger partial charge in [0.05, 0.1) is 0 Å². The van der Waals surface area contributed by atoms with Crippen molar-refractivity contribution in [2.75, 3.05) is 0 Å². The molecule has 218 valence electrons. The quantitative estimate of drug-likeness (QED) is 0.206. The van der Waals surface area contributed by atoms with Gasteiger partial charge < -0.3 is 5.11 Å². The molecule has 0 saturated heterocycles. The summed E-state index contributed by atoms with van der Waals surface area (Å²) >= 11 is 0. The summed E-state index contributed by atoms with van der Waals surface area (Å²) in [6.07, 6.45) is -15.7. The lowest BCUT2D eigenvalue weighted by molar-refractivity contribution is -0.473. The van der Waals surface area contributed by atoms with E-state index >= 15 is 0 Å². The Bertz CT molecular complexity index is 933. The van der Waals surface area contributed by atoms with Crippen LogP contribution in [0.2, 0.25) is 0 Å². The normalized spacial score (nSPS) is 18.3. The molecule has 26 heteroatoms. The van der Waals surface area contributed by atoms with E-state index in [9.17, 15) is 100 Å². The standard InChI is InChI=1S/C10H2F21NO3S/c11-1(12,3(15,16)5(19,20)7(23,24)9(26,27)28)2(13,14)4(17,18)6(21,22)8(25,10(29,30)33)32-36(31,34)35/h32-33H. The number of hydrogen-bond donors (Lipinski definition) is 2. The van der Waals surface area contributed by atoms with Gasteiger partial charge in [-0.3, -0.25) is 0 Å². The molecule has 0 rings (SSSR count). The summed E-state index contributed by atoms with van der Waals surface area (Å²) in [5.41, 5.74) is 0. The van der Waals surface area contributed by atoms with Gasteiger partial charge in [0.2, 0.25) is 0 Å². The van der Waals surface area contributed by atoms with E-state index in [0.717, 1.165) is 0 Å². The van der Waals surface area contributed by atoms with Gasteiger partial charge in [0.1, 0.15) is 0 Å². The molecule has 0 amide bonds. The third kappa shape index (κ3) is 4.38. The molecule has 0 aromatic heterocycles. The van der Waals surface area contributed by atoms with Crippen molar-refractivity contribution in [1.29, 1.82) is 0 Å². The minimum Gasteiger partial charge on any atom is -0.332 e. The third-order valence-corrected chi connectivity index (χ3v) is 4.36. The SMILES string of the molecule is O=S(=O)(F)NC(F)(C(O)(F)F)C(F)(F)C(F)(F)C(F)(F)C(F)(F)C(F)(F)C(F)(F)C(F)(F)C(F)(F)F. The fourth-order valence-corrected chi connectivity index (χ4v) is 2.45. The van der Waals surface area contributed by atoms with Crippen LogP contribution in [-0.4, -0.2) is 73.1 Å². The largest absolute Gasteiger partial charge is 0.460 e. The molecule has 0 aromatic rings. The zero-order valence-corrected chi connectivity index (χ0v) is 15.9. The molecule has 0 aliphatic heterocycles. The van der Waals surface area contributed by atoms with Crippen molar-refractivity contribution in [1.82, 2.24) is 4.72 Å². The van der Waals surface area contributed by atoms with E-state index in [1.54, 1.807) is 0 Å². The lowest BCUT2D eigenvalue weighted by atomic mass is 9.86. The van der Waals surface area contributed by atoms with Crippen molar-refractivity contribution < 1.29 is 105 Å². The molecule has 0 saturated carbocycles. The Balaban J connectivity index is 7.32. The van der Waals surface area contributed by atoms with E-state index in [4.69, 9.17) is 5.11 Å². The molecule has 2 N–H and O–H groups in total. The number of rotatable bonds is 10. The average Bonchev–Trinajstić information content (AvgIpc) is 2.56. The summed E-state index contributed by atoms with van der Waals surface area (Å²) in [6.45, 7) is 0. The topological polar surface area (TPSA) is 66.4 Å². The van der Waals surface area contributed by atoms with Gasteiger partial charge in [-0.1, -0.05) is 3.89 Å². The van der Waals surface area contributed by atoms with Crippen LogP contribution in [0.4, 0.5) is 91.7 Å². The van der Waals surface area contributed by atoms with E-state index in [2.05, 4.69) is 0 Å². The Kier molecular flexibility index (Phi) is 7.83. The molecule has 36 heavy (non-hydrogen) atoms. The van der Waals surface area contributed by atoms with Gasteiger partial charge in [0, 0.05) is 0 Å². The van der Waals surface area contributed by atoms with Gasteiger partial charge in [0.25, 0.3) is 0 Å². The van der Waals surface area contributed by atoms with Gasteiger partial charge in [0.15, 0.2) is 0 Å². The van der Waals surface area contributed by atoms with Crippen molar-refractivity contribution >= 4 is 10.4 Å². The highest BCUT2D eigenvalue weighted by atomic mass is 32.3. The van der Waals surface area contributed by atoms with Gasteiger partial charge >= 0.3 is 69.9 Å². The summed E-state index contributed by atoms with van der Waals surface area (Å²) in [5, 5.41) is 7.81. The van der Waals surface area contributed by atoms with E-state index < -0.39 is 74.7 Å². The predicted molar refractivity (Wildman–Crippen MR) is 64.9 cm³/mol. The van der Waals surface area contributed by atoms with Crippen molar-refractivity contribution in [3.63, 3.8) is 0 Å². The van der Waals surface area contributed by atoms with Crippen molar-refractivity contribution in [3.8, 4) is 0 Å². The van der Waals surface area contributed by atoms with E-state index in [1.807, 2.05) is 0 Å². The minimum absolute atomic E-state index is 1.62. The van der Waals surface area contributed by atoms with Crippen LogP contribution in [0.25, 0.3) is 0 Å². The first-order valence-electron chi connectivity index (χ1n) is 7.20. The smallest absolute Gasteiger partial charge is 0.332 e. The van der Waals surface area contributed by atoms with Crippen LogP contribution >= 0.6 is 0 Å². The summed E-state index contributed by atoms with van der Waals surface area (Å²) in [5.74, 6) is -71.4. The highest BCUT2D eigenvalue weighted by Crippen LogP contribution is 2.65. The second-order valence-electron chi connectivity index (χ2n) is 6.26. The first-order valence-corrected chi connectivity index (χ1v) is 8.58. The first-order chi connectivity index (χ1) is 15.0. The highest BCUT2D eigenvalue weighted by Gasteiger charge is 2.97. The fourth-order valence-electron chi connectivity index (χ4n) is 1.86. The maximum Gasteiger partial charge on any atom is 0.460 e. The second kappa shape index (κ2) is 8.20. The molecule has 4 nitrogen and oxygen atoms in total. The zero-order chi connectivity index (χ0) is 30.2. The Morgan fingerprint density at radius 1 is 0.444 bits per heavy atom. The second-order valence-corrected chi connectivity index (χ2v) is 7.34. The van der Waals surface area contributed by atoms with Crippen molar-refractivity contribution in [2.24, 2.45) is 0 Å². The third-order valence-electron chi connectivity index (χ3n) is 3.83. The maximum atomic E-state index is 13.7. The Morgan fingerprint density at radius 2 is 0.667 bits per heavy atom. The Labute approximate surface area is 181 Å². The molecule has 0 bridgehead atoms. The number of alkyl halides is 20. The number of nitrogens with one attached hydrogen (secondary N) is 1. The van der Waals surface area contributed by atoms with Crippen LogP contribution in [0, 0.1) is 0 Å². The lowest BCUT2D eigenvalue weighted by Gasteiger charge is -2.45. The van der Waals surface area contributed by atoms with Crippen LogP contribution in [-0.2, 0) is 10.4 Å². The molecule has 0 aromatic carbocycles. The molecule has 0 spiro atoms. The molecule has 0 radical (unpaired) electrons. The fraction of sp³-hybridized carbons (Fsp3) is 1.00. The van der Waals surface area contributed by atoms with Crippen LogP contribution < -0.4 is 4.72 Å². The monoisotopic (exact) mass is 615 g/mol. The van der Waals surface area contributed by atoms with Crippen LogP contribution in [0.3, 0.4) is 0 Å². The number of aliphatic hydroxyl groups is 1. The van der Waals surface area contributed by atoms with Gasteiger partial charge in [-0.05, 0) is 0 Å². The van der Waals surface area contributed by atoms with Crippen LogP contribution in [0.1, 0.15) is 0 Å². The summed E-state index contributed by atoms with van der Waals surface area (Å²) in [4.78, 5) is 0. The molecular weight excluding hydrogens is 613 g/mol. The lowest BCUT2D eigenvalue weighted by Crippen LogP contribution is -2.79. The molecule has 0 aliphatic rings. The summed E-state index contributed by atoms with van der Waals surface area (Å²) in [7, 11) is -7.68. The summed E-state index contributed by atoms with van der Waals surface area (Å²) in [6, 6.07) is 0. The Morgan fingerprint density at radius 3 is 0.861 bits per heavy atom. The molecule has 1 atom stereocenters. The van der Waals surface area contributed by atoms with E-state index in [-0.39, 0.29) is 0 Å². The molecule has 1 unspecified atom stereocenters. The minimum atomic E-state index is -9.33. The van der Waals surface area contributed by atoms with Crippen molar-refractivity contribution in [2.45, 2.75) is 59.5 Å². The Hall–Kier alpha value is -1.60. The molecular formula is C10H2F21NO3S. The van der Waals surface area contributed by atoms with Gasteiger partial charge in [-0.15, -0.1) is 4.72 Å². The molecule has 0 heterocycles. The highest BCUT2D eigenvalue weighted by molar-refractivity contribution is 7.84. The first kappa shape index (κ1) is 34.4. The summed E-state index contributed by atoms with van der Waals surface area (Å²) < 4.78 is 291. The predicted octanol–water partition coefficient (Wildman–Crippen LogP) is 5.05. The molecule has 0 fully saturated rings. The molecule has 0 aliphatic carbocycles. The number of halogens is 21.